The zero-order valence-corrected chi connectivity index (χ0v) is 18.2. The van der Waals surface area contributed by atoms with E-state index in [0.717, 1.165) is 13.2 Å². The summed E-state index contributed by atoms with van der Waals surface area (Å²) < 4.78 is 5.21. The van der Waals surface area contributed by atoms with Gasteiger partial charge in [0.2, 0.25) is 0 Å². The smallest absolute Gasteiger partial charge is 0.0662 e. The molecule has 0 bridgehead atoms. The fourth-order valence-corrected chi connectivity index (χ4v) is 0.952. The highest BCUT2D eigenvalue weighted by molar-refractivity contribution is 4.40. The minimum Gasteiger partial charge on any atom is -0.394 e. The Bertz CT molecular complexity index is 116. The lowest BCUT2D eigenvalue weighted by molar-refractivity contribution is 0.143. The molecule has 3 nitrogen and oxygen atoms in total. The summed E-state index contributed by atoms with van der Waals surface area (Å²) >= 11 is 0. The lowest BCUT2D eigenvalue weighted by Crippen LogP contribution is -1.92. The van der Waals surface area contributed by atoms with Crippen molar-refractivity contribution in [2.45, 2.75) is 46.0 Å². The molecule has 0 amide bonds. The lowest BCUT2D eigenvalue weighted by Gasteiger charge is -1.99. The van der Waals surface area contributed by atoms with Crippen LogP contribution in [0.4, 0.5) is 0 Å². The van der Waals surface area contributed by atoms with Crippen molar-refractivity contribution in [3.63, 3.8) is 0 Å². The van der Waals surface area contributed by atoms with Crippen molar-refractivity contribution >= 4 is 0 Å². The molecule has 0 aliphatic heterocycles. The largest absolute Gasteiger partial charge is 0.394 e. The predicted octanol–water partition coefficient (Wildman–Crippen LogP) is 6.78. The summed E-state index contributed by atoms with van der Waals surface area (Å²) in [6, 6.07) is 0. The minimum absolute atomic E-state index is 0.125. The Labute approximate surface area is 166 Å². The van der Waals surface area contributed by atoms with Crippen LogP contribution in [0.1, 0.15) is 46.0 Å². The molecule has 0 aromatic heterocycles. The summed E-state index contributed by atoms with van der Waals surface area (Å²) in [5, 5.41) is 15.2. The van der Waals surface area contributed by atoms with Gasteiger partial charge in [0.1, 0.15) is 0 Å². The Kier molecular flexibility index (Phi) is 321. The summed E-state index contributed by atoms with van der Waals surface area (Å²) in [5.41, 5.74) is 0. The van der Waals surface area contributed by atoms with Crippen LogP contribution in [0.15, 0.2) is 78.9 Å². The molecule has 0 aromatic carbocycles. The van der Waals surface area contributed by atoms with Gasteiger partial charge in [-0.05, 0) is 13.3 Å². The van der Waals surface area contributed by atoms with Gasteiger partial charge in [-0.1, -0.05) is 32.6 Å². The Morgan fingerprint density at radius 2 is 0.846 bits per heavy atom. The van der Waals surface area contributed by atoms with Gasteiger partial charge in [-0.15, -0.1) is 78.9 Å². The van der Waals surface area contributed by atoms with Crippen LogP contribution in [0.25, 0.3) is 0 Å². The molecule has 0 saturated heterocycles. The summed E-state index contributed by atoms with van der Waals surface area (Å²) in [5.74, 6) is 0. The third kappa shape index (κ3) is 254. The maximum atomic E-state index is 7.62. The standard InChI is InChI=1S/C9H20O.C2H6O2.6C2H4/c1-3-5-6-7-8-9-10-4-2;3-1-2-4;6*1-2/h3-9H2,1-2H3;3-4H,1-2H2;6*1-2H2. The fourth-order valence-electron chi connectivity index (χ4n) is 0.952. The first-order valence-electron chi connectivity index (χ1n) is 8.62. The van der Waals surface area contributed by atoms with Crippen molar-refractivity contribution in [3.8, 4) is 0 Å². The second kappa shape index (κ2) is 168. The van der Waals surface area contributed by atoms with Crippen LogP contribution in [-0.4, -0.2) is 36.6 Å². The molecule has 0 spiro atoms. The lowest BCUT2D eigenvalue weighted by atomic mass is 10.2. The van der Waals surface area contributed by atoms with Crippen LogP contribution >= 0.6 is 0 Å². The fraction of sp³-hybridized carbons (Fsp3) is 0.478. The van der Waals surface area contributed by atoms with Gasteiger partial charge < -0.3 is 14.9 Å². The molecule has 0 rings (SSSR count). The Balaban J connectivity index is -0.0000000285. The average molecular weight is 375 g/mol. The number of rotatable bonds is 8. The minimum atomic E-state index is -0.125. The molecule has 0 aliphatic rings. The van der Waals surface area contributed by atoms with Crippen LogP contribution in [0.5, 0.6) is 0 Å². The second-order valence-electron chi connectivity index (χ2n) is 3.06. The third-order valence-corrected chi connectivity index (χ3v) is 1.70. The van der Waals surface area contributed by atoms with Gasteiger partial charge in [0.15, 0.2) is 0 Å². The van der Waals surface area contributed by atoms with E-state index in [1.165, 1.54) is 32.1 Å². The first-order chi connectivity index (χ1) is 12.8. The van der Waals surface area contributed by atoms with Crippen molar-refractivity contribution < 1.29 is 14.9 Å². The van der Waals surface area contributed by atoms with Gasteiger partial charge in [-0.25, -0.2) is 0 Å². The van der Waals surface area contributed by atoms with E-state index in [0.29, 0.717) is 0 Å². The quantitative estimate of drug-likeness (QED) is 0.364. The molecule has 0 aliphatic carbocycles. The maximum absolute atomic E-state index is 7.62. The molecule has 0 saturated carbocycles. The number of ether oxygens (including phenoxy) is 1. The number of aliphatic hydroxyl groups excluding tert-OH is 2. The Morgan fingerprint density at radius 3 is 1.08 bits per heavy atom. The molecule has 0 heterocycles. The van der Waals surface area contributed by atoms with E-state index in [2.05, 4.69) is 85.9 Å². The molecule has 0 atom stereocenters. The Morgan fingerprint density at radius 1 is 0.538 bits per heavy atom. The predicted molar refractivity (Wildman–Crippen MR) is 127 cm³/mol. The van der Waals surface area contributed by atoms with Crippen molar-refractivity contribution in [2.24, 2.45) is 0 Å². The summed E-state index contributed by atoms with van der Waals surface area (Å²) in [4.78, 5) is 0. The normalized spacial score (nSPS) is 6.00. The van der Waals surface area contributed by atoms with Gasteiger partial charge in [-0.2, -0.15) is 0 Å². The molecular formula is C23H50O3. The molecule has 0 aromatic rings. The van der Waals surface area contributed by atoms with Gasteiger partial charge in [0, 0.05) is 13.2 Å². The highest BCUT2D eigenvalue weighted by Gasteiger charge is 1.87. The zero-order chi connectivity index (χ0) is 23.1. The average Bonchev–Trinajstić information content (AvgIpc) is 2.79. The molecule has 2 N–H and O–H groups in total. The van der Waals surface area contributed by atoms with Crippen LogP contribution in [0.2, 0.25) is 0 Å². The molecule has 0 radical (unpaired) electrons. The molecule has 26 heavy (non-hydrogen) atoms. The molecular weight excluding hydrogens is 324 g/mol. The van der Waals surface area contributed by atoms with Crippen molar-refractivity contribution in [2.75, 3.05) is 26.4 Å². The zero-order valence-electron chi connectivity index (χ0n) is 18.2. The van der Waals surface area contributed by atoms with Crippen molar-refractivity contribution in [1.82, 2.24) is 0 Å². The van der Waals surface area contributed by atoms with Gasteiger partial charge in [0.25, 0.3) is 0 Å². The van der Waals surface area contributed by atoms with E-state index in [4.69, 9.17) is 14.9 Å². The monoisotopic (exact) mass is 374 g/mol. The SMILES string of the molecule is C=C.C=C.C=C.C=C.C=C.C=C.CCCCCCCOCC.OCCO. The topological polar surface area (TPSA) is 49.7 Å². The highest BCUT2D eigenvalue weighted by Crippen LogP contribution is 2.01. The number of unbranched alkanes of at least 4 members (excludes halogenated alkanes) is 4. The van der Waals surface area contributed by atoms with Crippen LogP contribution in [-0.2, 0) is 4.74 Å². The molecule has 160 valence electrons. The molecule has 0 fully saturated rings. The number of aliphatic hydroxyl groups is 2. The summed E-state index contributed by atoms with van der Waals surface area (Å²) in [6.07, 6.45) is 6.67. The van der Waals surface area contributed by atoms with Crippen LogP contribution in [0.3, 0.4) is 0 Å². The maximum Gasteiger partial charge on any atom is 0.0662 e. The molecule has 0 unspecified atom stereocenters. The number of hydrogen-bond donors (Lipinski definition) is 2. The van der Waals surface area contributed by atoms with Crippen LogP contribution < -0.4 is 0 Å². The van der Waals surface area contributed by atoms with E-state index in [9.17, 15) is 0 Å². The van der Waals surface area contributed by atoms with Gasteiger partial charge in [-0.3, -0.25) is 0 Å². The second-order valence-corrected chi connectivity index (χ2v) is 3.06. The third-order valence-electron chi connectivity index (χ3n) is 1.70. The van der Waals surface area contributed by atoms with Crippen molar-refractivity contribution in [1.29, 1.82) is 0 Å². The summed E-state index contributed by atoms with van der Waals surface area (Å²) in [7, 11) is 0. The number of hydrogen-bond acceptors (Lipinski definition) is 3. The first kappa shape index (κ1) is 49.7. The van der Waals surface area contributed by atoms with Gasteiger partial charge >= 0.3 is 0 Å². The summed E-state index contributed by atoms with van der Waals surface area (Å²) in [6.45, 7) is 41.9. The van der Waals surface area contributed by atoms with Crippen molar-refractivity contribution in [3.05, 3.63) is 78.9 Å². The first-order valence-corrected chi connectivity index (χ1v) is 8.62. The van der Waals surface area contributed by atoms with Gasteiger partial charge in [0.05, 0.1) is 13.2 Å². The molecule has 3 heteroatoms. The Hall–Kier alpha value is -1.68. The van der Waals surface area contributed by atoms with Crippen LogP contribution in [0, 0.1) is 0 Å². The van der Waals surface area contributed by atoms with E-state index < -0.39 is 0 Å². The van der Waals surface area contributed by atoms with E-state index in [1.807, 2.05) is 6.92 Å². The highest BCUT2D eigenvalue weighted by atomic mass is 16.5. The van der Waals surface area contributed by atoms with E-state index in [1.54, 1.807) is 0 Å². The van der Waals surface area contributed by atoms with E-state index >= 15 is 0 Å². The van der Waals surface area contributed by atoms with E-state index in [-0.39, 0.29) is 13.2 Å².